The second-order valence-corrected chi connectivity index (χ2v) is 4.40. The van der Waals surface area contributed by atoms with Crippen molar-refractivity contribution in [3.05, 3.63) is 78.6 Å². The molecule has 2 nitrogen and oxygen atoms in total. The number of aromatic amines is 1. The Balaban J connectivity index is 1.74. The molecule has 0 unspecified atom stereocenters. The quantitative estimate of drug-likeness (QED) is 0.734. The predicted molar refractivity (Wildman–Crippen MR) is 77.0 cm³/mol. The van der Waals surface area contributed by atoms with Gasteiger partial charge in [-0.25, -0.2) is 0 Å². The zero-order valence-electron chi connectivity index (χ0n) is 10.5. The first kappa shape index (κ1) is 11.6. The highest BCUT2D eigenvalue weighted by molar-refractivity contribution is 5.64. The Kier molecular flexibility index (Phi) is 3.32. The van der Waals surface area contributed by atoms with E-state index in [1.165, 1.54) is 11.1 Å². The van der Waals surface area contributed by atoms with Crippen molar-refractivity contribution < 1.29 is 4.74 Å². The van der Waals surface area contributed by atoms with Crippen molar-refractivity contribution in [3.63, 3.8) is 0 Å². The lowest BCUT2D eigenvalue weighted by Gasteiger charge is -2.07. The summed E-state index contributed by atoms with van der Waals surface area (Å²) in [7, 11) is 0. The molecule has 0 radical (unpaired) electrons. The van der Waals surface area contributed by atoms with E-state index in [1.54, 1.807) is 0 Å². The summed E-state index contributed by atoms with van der Waals surface area (Å²) < 4.78 is 5.82. The van der Waals surface area contributed by atoms with Gasteiger partial charge in [-0.15, -0.1) is 0 Å². The lowest BCUT2D eigenvalue weighted by atomic mass is 10.1. The van der Waals surface area contributed by atoms with Crippen LogP contribution in [0.1, 0.15) is 5.56 Å². The van der Waals surface area contributed by atoms with E-state index in [2.05, 4.69) is 35.3 Å². The van der Waals surface area contributed by atoms with Crippen LogP contribution in [0.25, 0.3) is 11.1 Å². The Morgan fingerprint density at radius 1 is 0.842 bits per heavy atom. The van der Waals surface area contributed by atoms with Crippen molar-refractivity contribution in [3.8, 4) is 16.9 Å². The Morgan fingerprint density at radius 3 is 2.53 bits per heavy atom. The van der Waals surface area contributed by atoms with Gasteiger partial charge in [0, 0.05) is 12.4 Å². The van der Waals surface area contributed by atoms with Crippen molar-refractivity contribution in [1.82, 2.24) is 4.98 Å². The molecule has 1 N–H and O–H groups in total. The van der Waals surface area contributed by atoms with Gasteiger partial charge in [-0.2, -0.15) is 0 Å². The van der Waals surface area contributed by atoms with Crippen LogP contribution in [0.15, 0.2) is 73.1 Å². The maximum Gasteiger partial charge on any atom is 0.120 e. The van der Waals surface area contributed by atoms with Crippen LogP contribution >= 0.6 is 0 Å². The molecule has 3 aromatic rings. The Hall–Kier alpha value is -2.48. The molecule has 0 fully saturated rings. The standard InChI is InChI=1S/C17H15NO/c1-2-5-14(6-3-1)13-19-17-8-4-7-15(11-17)16-9-10-18-12-16/h1-12,18H,13H2. The van der Waals surface area contributed by atoms with E-state index in [-0.39, 0.29) is 0 Å². The SMILES string of the molecule is c1ccc(COc2cccc(-c3cc[nH]c3)c2)cc1. The van der Waals surface area contributed by atoms with Gasteiger partial charge in [0.05, 0.1) is 0 Å². The number of rotatable bonds is 4. The fourth-order valence-electron chi connectivity index (χ4n) is 2.01. The minimum absolute atomic E-state index is 0.595. The highest BCUT2D eigenvalue weighted by atomic mass is 16.5. The summed E-state index contributed by atoms with van der Waals surface area (Å²) in [4.78, 5) is 3.06. The monoisotopic (exact) mass is 249 g/mol. The summed E-state index contributed by atoms with van der Waals surface area (Å²) in [6.45, 7) is 0.595. The van der Waals surface area contributed by atoms with E-state index in [0.717, 1.165) is 11.3 Å². The van der Waals surface area contributed by atoms with E-state index in [4.69, 9.17) is 4.74 Å². The molecule has 0 spiro atoms. The molecule has 2 heteroatoms. The van der Waals surface area contributed by atoms with Gasteiger partial charge in [0.25, 0.3) is 0 Å². The van der Waals surface area contributed by atoms with Crippen LogP contribution < -0.4 is 4.74 Å². The topological polar surface area (TPSA) is 25.0 Å². The first-order valence-corrected chi connectivity index (χ1v) is 6.32. The van der Waals surface area contributed by atoms with Gasteiger partial charge in [-0.3, -0.25) is 0 Å². The van der Waals surface area contributed by atoms with Crippen LogP contribution in [0, 0.1) is 0 Å². The highest BCUT2D eigenvalue weighted by Gasteiger charge is 2.00. The molecule has 1 aromatic heterocycles. The zero-order chi connectivity index (χ0) is 12.9. The van der Waals surface area contributed by atoms with Gasteiger partial charge in [0.1, 0.15) is 12.4 Å². The molecule has 1 heterocycles. The average Bonchev–Trinajstić information content (AvgIpc) is 3.01. The number of H-pyrrole nitrogens is 1. The lowest BCUT2D eigenvalue weighted by Crippen LogP contribution is -1.94. The van der Waals surface area contributed by atoms with E-state index in [9.17, 15) is 0 Å². The number of benzene rings is 2. The zero-order valence-corrected chi connectivity index (χ0v) is 10.5. The minimum Gasteiger partial charge on any atom is -0.489 e. The maximum absolute atomic E-state index is 5.82. The molecule has 0 aliphatic heterocycles. The summed E-state index contributed by atoms with van der Waals surface area (Å²) in [5.74, 6) is 0.891. The van der Waals surface area contributed by atoms with Gasteiger partial charge < -0.3 is 9.72 Å². The molecular formula is C17H15NO. The van der Waals surface area contributed by atoms with Crippen LogP contribution in [0.5, 0.6) is 5.75 Å². The first-order valence-electron chi connectivity index (χ1n) is 6.32. The third kappa shape index (κ3) is 2.86. The number of hydrogen-bond donors (Lipinski definition) is 1. The molecule has 0 amide bonds. The third-order valence-corrected chi connectivity index (χ3v) is 3.01. The number of aromatic nitrogens is 1. The molecule has 19 heavy (non-hydrogen) atoms. The molecule has 0 saturated carbocycles. The van der Waals surface area contributed by atoms with Crippen LogP contribution in [-0.2, 0) is 6.61 Å². The minimum atomic E-state index is 0.595. The number of ether oxygens (including phenoxy) is 1. The summed E-state index contributed by atoms with van der Waals surface area (Å²) in [6.07, 6.45) is 3.91. The number of hydrogen-bond acceptors (Lipinski definition) is 1. The fourth-order valence-corrected chi connectivity index (χ4v) is 2.01. The molecule has 94 valence electrons. The summed E-state index contributed by atoms with van der Waals surface area (Å²) in [5.41, 5.74) is 3.51. The molecule has 0 aliphatic carbocycles. The van der Waals surface area contributed by atoms with Gasteiger partial charge in [0.2, 0.25) is 0 Å². The van der Waals surface area contributed by atoms with Gasteiger partial charge in [-0.1, -0.05) is 42.5 Å². The maximum atomic E-state index is 5.82. The largest absolute Gasteiger partial charge is 0.489 e. The molecule has 2 aromatic carbocycles. The van der Waals surface area contributed by atoms with Gasteiger partial charge >= 0.3 is 0 Å². The van der Waals surface area contributed by atoms with Crippen LogP contribution in [0.4, 0.5) is 0 Å². The Labute approximate surface area is 112 Å². The van der Waals surface area contributed by atoms with E-state index >= 15 is 0 Å². The van der Waals surface area contributed by atoms with Crippen molar-refractivity contribution in [2.45, 2.75) is 6.61 Å². The molecule has 0 saturated heterocycles. The predicted octanol–water partition coefficient (Wildman–Crippen LogP) is 4.26. The van der Waals surface area contributed by atoms with E-state index in [1.807, 2.05) is 42.7 Å². The van der Waals surface area contributed by atoms with Crippen molar-refractivity contribution in [1.29, 1.82) is 0 Å². The normalized spacial score (nSPS) is 10.3. The molecule has 0 aliphatic rings. The Morgan fingerprint density at radius 2 is 1.74 bits per heavy atom. The Bertz CT molecular complexity index is 629. The third-order valence-electron chi connectivity index (χ3n) is 3.01. The van der Waals surface area contributed by atoms with Crippen molar-refractivity contribution >= 4 is 0 Å². The molecule has 0 atom stereocenters. The van der Waals surface area contributed by atoms with Gasteiger partial charge in [-0.05, 0) is 34.9 Å². The van der Waals surface area contributed by atoms with Crippen molar-refractivity contribution in [2.24, 2.45) is 0 Å². The molecular weight excluding hydrogens is 234 g/mol. The fraction of sp³-hybridized carbons (Fsp3) is 0.0588. The van der Waals surface area contributed by atoms with E-state index < -0.39 is 0 Å². The first-order chi connectivity index (χ1) is 9.42. The summed E-state index contributed by atoms with van der Waals surface area (Å²) >= 11 is 0. The molecule has 0 bridgehead atoms. The van der Waals surface area contributed by atoms with Crippen LogP contribution in [-0.4, -0.2) is 4.98 Å². The highest BCUT2D eigenvalue weighted by Crippen LogP contribution is 2.23. The van der Waals surface area contributed by atoms with Crippen LogP contribution in [0.3, 0.4) is 0 Å². The summed E-state index contributed by atoms with van der Waals surface area (Å²) in [5, 5.41) is 0. The second kappa shape index (κ2) is 5.44. The smallest absolute Gasteiger partial charge is 0.120 e. The van der Waals surface area contributed by atoms with Crippen LogP contribution in [0.2, 0.25) is 0 Å². The average molecular weight is 249 g/mol. The second-order valence-electron chi connectivity index (χ2n) is 4.40. The lowest BCUT2D eigenvalue weighted by molar-refractivity contribution is 0.306. The summed E-state index contributed by atoms with van der Waals surface area (Å²) in [6, 6.07) is 20.4. The number of nitrogens with one attached hydrogen (secondary N) is 1. The van der Waals surface area contributed by atoms with E-state index in [0.29, 0.717) is 6.61 Å². The van der Waals surface area contributed by atoms with Crippen molar-refractivity contribution in [2.75, 3.05) is 0 Å². The molecule has 3 rings (SSSR count). The van der Waals surface area contributed by atoms with Gasteiger partial charge in [0.15, 0.2) is 0 Å².